The van der Waals surface area contributed by atoms with Gasteiger partial charge in [-0.3, -0.25) is 0 Å². The highest BCUT2D eigenvalue weighted by Crippen LogP contribution is 2.28. The van der Waals surface area contributed by atoms with E-state index in [1.54, 1.807) is 10.7 Å². The van der Waals surface area contributed by atoms with E-state index in [2.05, 4.69) is 41.5 Å². The summed E-state index contributed by atoms with van der Waals surface area (Å²) >= 11 is 13.7. The van der Waals surface area contributed by atoms with Crippen molar-refractivity contribution in [1.82, 2.24) is 20.2 Å². The van der Waals surface area contributed by atoms with Gasteiger partial charge in [-0.15, -0.1) is 5.10 Å². The van der Waals surface area contributed by atoms with E-state index in [-0.39, 0.29) is 0 Å². The van der Waals surface area contributed by atoms with Gasteiger partial charge >= 0.3 is 0 Å². The molecule has 0 spiro atoms. The van der Waals surface area contributed by atoms with Crippen LogP contribution in [0.4, 0.5) is 0 Å². The molecule has 4 nitrogen and oxygen atoms in total. The number of aromatic nitrogens is 4. The first-order valence-corrected chi connectivity index (χ1v) is 8.71. The number of nitrogens with zero attached hydrogens (tertiary/aromatic N) is 4. The van der Waals surface area contributed by atoms with Gasteiger partial charge in [0.25, 0.3) is 0 Å². The molecule has 0 radical (unpaired) electrons. The standard InChI is InChI=1S/C16H14Cl2N4S/c1-10-3-6-15(11(2)7-10)22-16(19-20-21-22)23-9-12-4-5-13(17)8-14(12)18/h3-8H,9H2,1-2H3. The quantitative estimate of drug-likeness (QED) is 0.618. The molecule has 0 fully saturated rings. The zero-order valence-corrected chi connectivity index (χ0v) is 15.0. The number of rotatable bonds is 4. The van der Waals surface area contributed by atoms with Crippen LogP contribution in [0, 0.1) is 13.8 Å². The van der Waals surface area contributed by atoms with Crippen molar-refractivity contribution in [1.29, 1.82) is 0 Å². The predicted octanol–water partition coefficient (Wildman–Crippen LogP) is 4.88. The van der Waals surface area contributed by atoms with E-state index in [9.17, 15) is 0 Å². The van der Waals surface area contributed by atoms with E-state index in [1.165, 1.54) is 17.3 Å². The van der Waals surface area contributed by atoms with Gasteiger partial charge in [-0.1, -0.05) is 58.7 Å². The number of benzene rings is 2. The molecule has 0 bridgehead atoms. The lowest BCUT2D eigenvalue weighted by Gasteiger charge is -2.09. The highest BCUT2D eigenvalue weighted by molar-refractivity contribution is 7.98. The summed E-state index contributed by atoms with van der Waals surface area (Å²) in [5.74, 6) is 0.668. The molecule has 1 heterocycles. The van der Waals surface area contributed by atoms with Crippen LogP contribution in [0.2, 0.25) is 10.0 Å². The first-order valence-electron chi connectivity index (χ1n) is 6.97. The Morgan fingerprint density at radius 2 is 1.91 bits per heavy atom. The number of halogens is 2. The van der Waals surface area contributed by atoms with E-state index in [0.717, 1.165) is 22.0 Å². The van der Waals surface area contributed by atoms with E-state index < -0.39 is 0 Å². The highest BCUT2D eigenvalue weighted by Gasteiger charge is 2.12. The fourth-order valence-electron chi connectivity index (χ4n) is 2.24. The molecule has 0 N–H and O–H groups in total. The number of aryl methyl sites for hydroxylation is 2. The molecule has 7 heteroatoms. The molecular weight excluding hydrogens is 351 g/mol. The second-order valence-corrected chi connectivity index (χ2v) is 6.97. The summed E-state index contributed by atoms with van der Waals surface area (Å²) in [6.45, 7) is 4.11. The molecule has 0 amide bonds. The third-order valence-electron chi connectivity index (χ3n) is 3.39. The van der Waals surface area contributed by atoms with Gasteiger partial charge in [0.1, 0.15) is 0 Å². The highest BCUT2D eigenvalue weighted by atomic mass is 35.5. The molecule has 0 aliphatic carbocycles. The Bertz CT molecular complexity index is 848. The minimum Gasteiger partial charge on any atom is -0.187 e. The smallest absolute Gasteiger partial charge is 0.187 e. The molecule has 0 unspecified atom stereocenters. The summed E-state index contributed by atoms with van der Waals surface area (Å²) in [6, 6.07) is 11.7. The van der Waals surface area contributed by atoms with Crippen molar-refractivity contribution >= 4 is 35.0 Å². The molecule has 23 heavy (non-hydrogen) atoms. The molecular formula is C16H14Cl2N4S. The minimum absolute atomic E-state index is 0.629. The molecule has 0 saturated heterocycles. The molecule has 118 valence electrons. The average Bonchev–Trinajstić information content (AvgIpc) is 2.94. The summed E-state index contributed by atoms with van der Waals surface area (Å²) < 4.78 is 1.75. The molecule has 3 rings (SSSR count). The monoisotopic (exact) mass is 364 g/mol. The van der Waals surface area contributed by atoms with Crippen molar-refractivity contribution in [3.05, 3.63) is 63.1 Å². The van der Waals surface area contributed by atoms with Crippen LogP contribution in [0.25, 0.3) is 5.69 Å². The van der Waals surface area contributed by atoms with Crippen molar-refractivity contribution < 1.29 is 0 Å². The normalized spacial score (nSPS) is 11.0. The zero-order valence-electron chi connectivity index (χ0n) is 12.6. The van der Waals surface area contributed by atoms with Gasteiger partial charge < -0.3 is 0 Å². The van der Waals surface area contributed by atoms with Crippen LogP contribution >= 0.6 is 35.0 Å². The maximum atomic E-state index is 6.21. The van der Waals surface area contributed by atoms with Crippen molar-refractivity contribution in [2.45, 2.75) is 24.8 Å². The SMILES string of the molecule is Cc1ccc(-n2nnnc2SCc2ccc(Cl)cc2Cl)c(C)c1. The third-order valence-corrected chi connectivity index (χ3v) is 4.95. The van der Waals surface area contributed by atoms with Gasteiger partial charge in [0.05, 0.1) is 5.69 Å². The van der Waals surface area contributed by atoms with Crippen LogP contribution < -0.4 is 0 Å². The fraction of sp³-hybridized carbons (Fsp3) is 0.188. The van der Waals surface area contributed by atoms with Gasteiger partial charge in [-0.05, 0) is 53.6 Å². The Morgan fingerprint density at radius 3 is 2.65 bits per heavy atom. The van der Waals surface area contributed by atoms with E-state index in [0.29, 0.717) is 15.8 Å². The van der Waals surface area contributed by atoms with E-state index >= 15 is 0 Å². The van der Waals surface area contributed by atoms with Crippen LogP contribution in [-0.2, 0) is 5.75 Å². The van der Waals surface area contributed by atoms with E-state index in [4.69, 9.17) is 23.2 Å². The molecule has 0 saturated carbocycles. The van der Waals surface area contributed by atoms with Crippen LogP contribution in [0.3, 0.4) is 0 Å². The summed E-state index contributed by atoms with van der Waals surface area (Å²) in [5, 5.41) is 14.0. The molecule has 0 atom stereocenters. The first-order chi connectivity index (χ1) is 11.0. The Kier molecular flexibility index (Phi) is 4.90. The third kappa shape index (κ3) is 3.68. The summed E-state index contributed by atoms with van der Waals surface area (Å²) in [7, 11) is 0. The molecule has 0 aliphatic rings. The van der Waals surface area contributed by atoms with Crippen LogP contribution in [-0.4, -0.2) is 20.2 Å². The van der Waals surface area contributed by atoms with Crippen LogP contribution in [0.5, 0.6) is 0 Å². The minimum atomic E-state index is 0.629. The van der Waals surface area contributed by atoms with Gasteiger partial charge in [-0.25, -0.2) is 0 Å². The lowest BCUT2D eigenvalue weighted by molar-refractivity contribution is 0.751. The maximum Gasteiger partial charge on any atom is 0.214 e. The number of tetrazole rings is 1. The number of hydrogen-bond donors (Lipinski definition) is 0. The van der Waals surface area contributed by atoms with Crippen molar-refractivity contribution in [2.24, 2.45) is 0 Å². The lowest BCUT2D eigenvalue weighted by Crippen LogP contribution is -2.02. The summed E-state index contributed by atoms with van der Waals surface area (Å²) in [5.41, 5.74) is 4.31. The second kappa shape index (κ2) is 6.91. The average molecular weight is 365 g/mol. The van der Waals surface area contributed by atoms with Gasteiger partial charge in [-0.2, -0.15) is 4.68 Å². The Labute approximate surface area is 148 Å². The Hall–Kier alpha value is -1.56. The summed E-state index contributed by atoms with van der Waals surface area (Å²) in [4.78, 5) is 0. The van der Waals surface area contributed by atoms with Crippen LogP contribution in [0.15, 0.2) is 41.6 Å². The van der Waals surface area contributed by atoms with Crippen molar-refractivity contribution in [3.8, 4) is 5.69 Å². The van der Waals surface area contributed by atoms with Crippen molar-refractivity contribution in [2.75, 3.05) is 0 Å². The van der Waals surface area contributed by atoms with Crippen LogP contribution in [0.1, 0.15) is 16.7 Å². The fourth-order valence-corrected chi connectivity index (χ4v) is 3.69. The van der Waals surface area contributed by atoms with Crippen molar-refractivity contribution in [3.63, 3.8) is 0 Å². The Balaban J connectivity index is 1.84. The first kappa shape index (κ1) is 16.3. The maximum absolute atomic E-state index is 6.21. The van der Waals surface area contributed by atoms with Gasteiger partial charge in [0.2, 0.25) is 5.16 Å². The topological polar surface area (TPSA) is 43.6 Å². The molecule has 1 aromatic heterocycles. The lowest BCUT2D eigenvalue weighted by atomic mass is 10.1. The number of thioether (sulfide) groups is 1. The molecule has 2 aromatic carbocycles. The summed E-state index contributed by atoms with van der Waals surface area (Å²) in [6.07, 6.45) is 0. The second-order valence-electron chi connectivity index (χ2n) is 5.19. The largest absolute Gasteiger partial charge is 0.214 e. The molecule has 3 aromatic rings. The van der Waals surface area contributed by atoms with Gasteiger partial charge in [0, 0.05) is 15.8 Å². The molecule has 0 aliphatic heterocycles. The predicted molar refractivity (Wildman–Crippen MR) is 94.7 cm³/mol. The van der Waals surface area contributed by atoms with E-state index in [1.807, 2.05) is 18.2 Å². The Morgan fingerprint density at radius 1 is 1.09 bits per heavy atom. The zero-order chi connectivity index (χ0) is 16.4. The number of hydrogen-bond acceptors (Lipinski definition) is 4. The van der Waals surface area contributed by atoms with Gasteiger partial charge in [0.15, 0.2) is 0 Å².